The first-order valence-corrected chi connectivity index (χ1v) is 5.64. The molecule has 3 nitrogen and oxygen atoms in total. The molecular formula is C13H18O3. The number of carboxylic acid groups (broad SMARTS) is 1. The van der Waals surface area contributed by atoms with Gasteiger partial charge < -0.3 is 9.84 Å². The van der Waals surface area contributed by atoms with Crippen molar-refractivity contribution in [3.63, 3.8) is 0 Å². The SMILES string of the molecule is CC[C@H](CCCOc1ccccc1)C(=O)O. The summed E-state index contributed by atoms with van der Waals surface area (Å²) >= 11 is 0. The van der Waals surface area contributed by atoms with E-state index in [-0.39, 0.29) is 5.92 Å². The van der Waals surface area contributed by atoms with E-state index in [4.69, 9.17) is 9.84 Å². The molecule has 1 aromatic rings. The molecule has 0 unspecified atom stereocenters. The summed E-state index contributed by atoms with van der Waals surface area (Å²) in [5, 5.41) is 8.85. The Labute approximate surface area is 96.1 Å². The number of benzene rings is 1. The molecule has 1 atom stereocenters. The second kappa shape index (κ2) is 6.88. The lowest BCUT2D eigenvalue weighted by Crippen LogP contribution is -2.13. The number of hydrogen-bond donors (Lipinski definition) is 1. The van der Waals surface area contributed by atoms with Crippen LogP contribution < -0.4 is 4.74 Å². The summed E-state index contributed by atoms with van der Waals surface area (Å²) in [6.07, 6.45) is 2.14. The third-order valence-electron chi connectivity index (χ3n) is 2.55. The molecule has 3 heteroatoms. The fourth-order valence-corrected chi connectivity index (χ4v) is 1.54. The zero-order chi connectivity index (χ0) is 11.8. The predicted molar refractivity (Wildman–Crippen MR) is 62.6 cm³/mol. The largest absolute Gasteiger partial charge is 0.494 e. The van der Waals surface area contributed by atoms with Crippen LogP contribution in [0.3, 0.4) is 0 Å². The molecule has 0 radical (unpaired) electrons. The second-order valence-corrected chi connectivity index (χ2v) is 3.75. The van der Waals surface area contributed by atoms with Gasteiger partial charge in [0.15, 0.2) is 0 Å². The lowest BCUT2D eigenvalue weighted by atomic mass is 10.0. The minimum Gasteiger partial charge on any atom is -0.494 e. The van der Waals surface area contributed by atoms with Crippen molar-refractivity contribution in [1.29, 1.82) is 0 Å². The van der Waals surface area contributed by atoms with E-state index in [1.165, 1.54) is 0 Å². The van der Waals surface area contributed by atoms with Crippen molar-refractivity contribution in [2.45, 2.75) is 26.2 Å². The Morgan fingerprint density at radius 1 is 1.38 bits per heavy atom. The highest BCUT2D eigenvalue weighted by molar-refractivity contribution is 5.69. The van der Waals surface area contributed by atoms with Crippen LogP contribution in [0.2, 0.25) is 0 Å². The lowest BCUT2D eigenvalue weighted by molar-refractivity contribution is -0.142. The third-order valence-corrected chi connectivity index (χ3v) is 2.55. The standard InChI is InChI=1S/C13H18O3/c1-2-11(13(14)15)7-6-10-16-12-8-4-3-5-9-12/h3-5,8-9,11H,2,6-7,10H2,1H3,(H,14,15)/t11-/m1/s1. The Hall–Kier alpha value is -1.51. The summed E-state index contributed by atoms with van der Waals surface area (Å²) < 4.78 is 5.49. The molecule has 88 valence electrons. The van der Waals surface area contributed by atoms with Crippen molar-refractivity contribution < 1.29 is 14.6 Å². The van der Waals surface area contributed by atoms with Crippen molar-refractivity contribution in [3.8, 4) is 5.75 Å². The molecular weight excluding hydrogens is 204 g/mol. The van der Waals surface area contributed by atoms with Crippen molar-refractivity contribution in [1.82, 2.24) is 0 Å². The van der Waals surface area contributed by atoms with E-state index in [2.05, 4.69) is 0 Å². The van der Waals surface area contributed by atoms with Crippen LogP contribution in [-0.2, 0) is 4.79 Å². The summed E-state index contributed by atoms with van der Waals surface area (Å²) in [6, 6.07) is 9.57. The first-order chi connectivity index (χ1) is 7.74. The van der Waals surface area contributed by atoms with Gasteiger partial charge in [0.25, 0.3) is 0 Å². The van der Waals surface area contributed by atoms with Gasteiger partial charge in [-0.3, -0.25) is 4.79 Å². The third kappa shape index (κ3) is 4.34. The zero-order valence-electron chi connectivity index (χ0n) is 9.56. The number of rotatable bonds is 7. The van der Waals surface area contributed by atoms with E-state index in [1.807, 2.05) is 37.3 Å². The summed E-state index contributed by atoms with van der Waals surface area (Å²) in [7, 11) is 0. The second-order valence-electron chi connectivity index (χ2n) is 3.75. The van der Waals surface area contributed by atoms with Crippen LogP contribution in [0, 0.1) is 5.92 Å². The summed E-state index contributed by atoms with van der Waals surface area (Å²) in [6.45, 7) is 2.48. The molecule has 0 amide bonds. The number of aliphatic carboxylic acids is 1. The van der Waals surface area contributed by atoms with Crippen LogP contribution >= 0.6 is 0 Å². The number of ether oxygens (including phenoxy) is 1. The Morgan fingerprint density at radius 3 is 2.62 bits per heavy atom. The number of carboxylic acids is 1. The predicted octanol–water partition coefficient (Wildman–Crippen LogP) is 2.96. The maximum atomic E-state index is 10.8. The maximum absolute atomic E-state index is 10.8. The molecule has 1 aromatic carbocycles. The minimum absolute atomic E-state index is 0.237. The minimum atomic E-state index is -0.706. The zero-order valence-corrected chi connectivity index (χ0v) is 9.56. The fraction of sp³-hybridized carbons (Fsp3) is 0.462. The summed E-state index contributed by atoms with van der Waals surface area (Å²) in [4.78, 5) is 10.8. The highest BCUT2D eigenvalue weighted by Gasteiger charge is 2.13. The molecule has 0 saturated carbocycles. The molecule has 0 aliphatic rings. The topological polar surface area (TPSA) is 46.5 Å². The molecule has 0 fully saturated rings. The van der Waals surface area contributed by atoms with Crippen LogP contribution in [-0.4, -0.2) is 17.7 Å². The van der Waals surface area contributed by atoms with E-state index >= 15 is 0 Å². The van der Waals surface area contributed by atoms with Crippen LogP contribution in [0.1, 0.15) is 26.2 Å². The molecule has 16 heavy (non-hydrogen) atoms. The van der Waals surface area contributed by atoms with Gasteiger partial charge in [0.05, 0.1) is 12.5 Å². The van der Waals surface area contributed by atoms with Gasteiger partial charge in [-0.25, -0.2) is 0 Å². The Bertz CT molecular complexity index is 308. The molecule has 0 heterocycles. The normalized spacial score (nSPS) is 12.1. The van der Waals surface area contributed by atoms with Crippen molar-refractivity contribution in [2.75, 3.05) is 6.61 Å². The van der Waals surface area contributed by atoms with Gasteiger partial charge in [-0.05, 0) is 31.4 Å². The van der Waals surface area contributed by atoms with Crippen LogP contribution in [0.15, 0.2) is 30.3 Å². The average molecular weight is 222 g/mol. The van der Waals surface area contributed by atoms with Crippen molar-refractivity contribution >= 4 is 5.97 Å². The number of hydrogen-bond acceptors (Lipinski definition) is 2. The smallest absolute Gasteiger partial charge is 0.306 e. The lowest BCUT2D eigenvalue weighted by Gasteiger charge is -2.10. The van der Waals surface area contributed by atoms with Gasteiger partial charge in [-0.2, -0.15) is 0 Å². The highest BCUT2D eigenvalue weighted by atomic mass is 16.5. The Balaban J connectivity index is 2.19. The molecule has 0 bridgehead atoms. The molecule has 1 rings (SSSR count). The Kier molecular flexibility index (Phi) is 5.40. The van der Waals surface area contributed by atoms with Crippen molar-refractivity contribution in [2.24, 2.45) is 5.92 Å². The monoisotopic (exact) mass is 222 g/mol. The van der Waals surface area contributed by atoms with Gasteiger partial charge in [0, 0.05) is 0 Å². The van der Waals surface area contributed by atoms with Crippen LogP contribution in [0.4, 0.5) is 0 Å². The number of carbonyl (C=O) groups is 1. The number of para-hydroxylation sites is 1. The van der Waals surface area contributed by atoms with Gasteiger partial charge in [-0.15, -0.1) is 0 Å². The first kappa shape index (κ1) is 12.6. The summed E-state index contributed by atoms with van der Waals surface area (Å²) in [5.41, 5.74) is 0. The van der Waals surface area contributed by atoms with Gasteiger partial charge in [0.1, 0.15) is 5.75 Å². The van der Waals surface area contributed by atoms with Gasteiger partial charge in [-0.1, -0.05) is 25.1 Å². The van der Waals surface area contributed by atoms with E-state index in [0.29, 0.717) is 19.4 Å². The first-order valence-electron chi connectivity index (χ1n) is 5.64. The highest BCUT2D eigenvalue weighted by Crippen LogP contribution is 2.13. The molecule has 0 saturated heterocycles. The molecule has 1 N–H and O–H groups in total. The average Bonchev–Trinajstić information content (AvgIpc) is 2.30. The molecule has 0 aliphatic carbocycles. The van der Waals surface area contributed by atoms with E-state index in [0.717, 1.165) is 12.2 Å². The quantitative estimate of drug-likeness (QED) is 0.721. The van der Waals surface area contributed by atoms with Crippen LogP contribution in [0.5, 0.6) is 5.75 Å². The summed E-state index contributed by atoms with van der Waals surface area (Å²) in [5.74, 6) is -0.104. The van der Waals surface area contributed by atoms with Gasteiger partial charge in [0.2, 0.25) is 0 Å². The van der Waals surface area contributed by atoms with Crippen molar-refractivity contribution in [3.05, 3.63) is 30.3 Å². The molecule has 0 spiro atoms. The molecule has 0 aliphatic heterocycles. The van der Waals surface area contributed by atoms with E-state index < -0.39 is 5.97 Å². The van der Waals surface area contributed by atoms with Crippen LogP contribution in [0.25, 0.3) is 0 Å². The molecule has 0 aromatic heterocycles. The Morgan fingerprint density at radius 2 is 2.06 bits per heavy atom. The van der Waals surface area contributed by atoms with Gasteiger partial charge >= 0.3 is 5.97 Å². The van der Waals surface area contributed by atoms with E-state index in [9.17, 15) is 4.79 Å². The fourth-order valence-electron chi connectivity index (χ4n) is 1.54. The van der Waals surface area contributed by atoms with E-state index in [1.54, 1.807) is 0 Å². The maximum Gasteiger partial charge on any atom is 0.306 e.